The fourth-order valence-corrected chi connectivity index (χ4v) is 12.5. The summed E-state index contributed by atoms with van der Waals surface area (Å²) in [5.41, 5.74) is 3.53. The van der Waals surface area contributed by atoms with Crippen molar-refractivity contribution in [2.24, 2.45) is 0 Å². The van der Waals surface area contributed by atoms with E-state index in [9.17, 15) is 0 Å². The molecule has 5 rings (SSSR count). The zero-order valence-electron chi connectivity index (χ0n) is 19.1. The SMILES string of the molecule is C[Si](C)(C)C1C=C([Si](c2ccccc2)(c2ccccc2)c2ccccc2)c2ccccc21. The van der Waals surface area contributed by atoms with Gasteiger partial charge >= 0.3 is 0 Å². The Kier molecular flexibility index (Phi) is 5.36. The second kappa shape index (κ2) is 8.20. The zero-order chi connectivity index (χ0) is 22.2. The van der Waals surface area contributed by atoms with Gasteiger partial charge in [-0.2, -0.15) is 0 Å². The van der Waals surface area contributed by atoms with Gasteiger partial charge in [-0.15, -0.1) is 0 Å². The Morgan fingerprint density at radius 2 is 0.906 bits per heavy atom. The lowest BCUT2D eigenvalue weighted by atomic mass is 10.1. The average molecular weight is 447 g/mol. The molecule has 4 aromatic rings. The summed E-state index contributed by atoms with van der Waals surface area (Å²) in [5, 5.41) is 5.92. The average Bonchev–Trinajstić information content (AvgIpc) is 3.23. The summed E-state index contributed by atoms with van der Waals surface area (Å²) in [6, 6.07) is 43.0. The predicted octanol–water partition coefficient (Wildman–Crippen LogP) is 5.75. The Hall–Kier alpha value is -2.95. The number of allylic oxidation sites excluding steroid dienone is 1. The minimum absolute atomic E-state index is 0.539. The van der Waals surface area contributed by atoms with E-state index in [1.54, 1.807) is 5.20 Å². The Labute approximate surface area is 194 Å². The normalized spacial score (nSPS) is 15.8. The van der Waals surface area contributed by atoms with Gasteiger partial charge in [-0.3, -0.25) is 0 Å². The second-order valence-corrected chi connectivity index (χ2v) is 19.0. The molecule has 1 unspecified atom stereocenters. The second-order valence-electron chi connectivity index (χ2n) is 9.86. The molecular weight excluding hydrogens is 417 g/mol. The molecule has 0 saturated carbocycles. The van der Waals surface area contributed by atoms with Crippen molar-refractivity contribution >= 4 is 36.9 Å². The van der Waals surface area contributed by atoms with E-state index in [2.05, 4.69) is 141 Å². The van der Waals surface area contributed by atoms with Crippen LogP contribution in [0.15, 0.2) is 121 Å². The molecule has 0 nitrogen and oxygen atoms in total. The molecule has 0 amide bonds. The summed E-state index contributed by atoms with van der Waals surface area (Å²) < 4.78 is 0. The Morgan fingerprint density at radius 3 is 1.34 bits per heavy atom. The minimum Gasteiger partial charge on any atom is -0.0788 e. The molecule has 2 heteroatoms. The zero-order valence-corrected chi connectivity index (χ0v) is 21.1. The lowest BCUT2D eigenvalue weighted by Gasteiger charge is -2.36. The molecule has 1 aliphatic rings. The first-order chi connectivity index (χ1) is 15.5. The first-order valence-electron chi connectivity index (χ1n) is 11.5. The van der Waals surface area contributed by atoms with E-state index in [4.69, 9.17) is 0 Å². The lowest BCUT2D eigenvalue weighted by molar-refractivity contribution is 1.16. The summed E-state index contributed by atoms with van der Waals surface area (Å²) in [7, 11) is -3.93. The van der Waals surface area contributed by atoms with Crippen LogP contribution in [0.5, 0.6) is 0 Å². The van der Waals surface area contributed by atoms with Gasteiger partial charge in [0.2, 0.25) is 0 Å². The summed E-state index contributed by atoms with van der Waals surface area (Å²) in [6.45, 7) is 7.51. The summed E-state index contributed by atoms with van der Waals surface area (Å²) in [6.07, 6.45) is 2.68. The van der Waals surface area contributed by atoms with E-state index in [1.165, 1.54) is 26.7 Å². The van der Waals surface area contributed by atoms with Gasteiger partial charge < -0.3 is 0 Å². The fraction of sp³-hybridized carbons (Fsp3) is 0.133. The smallest absolute Gasteiger partial charge is 0.0788 e. The van der Waals surface area contributed by atoms with Gasteiger partial charge in [-0.1, -0.05) is 141 Å². The Morgan fingerprint density at radius 1 is 0.500 bits per heavy atom. The van der Waals surface area contributed by atoms with Gasteiger partial charge in [0, 0.05) is 0 Å². The molecule has 0 heterocycles. The van der Waals surface area contributed by atoms with Crippen LogP contribution in [0.2, 0.25) is 19.6 Å². The highest BCUT2D eigenvalue weighted by Crippen LogP contribution is 2.44. The van der Waals surface area contributed by atoms with Crippen LogP contribution in [0, 0.1) is 0 Å². The molecule has 0 spiro atoms. The van der Waals surface area contributed by atoms with Crippen molar-refractivity contribution in [2.75, 3.05) is 0 Å². The molecule has 1 aliphatic carbocycles. The molecule has 0 radical (unpaired) electrons. The third-order valence-electron chi connectivity index (χ3n) is 6.88. The summed E-state index contributed by atoms with van der Waals surface area (Å²) >= 11 is 0. The van der Waals surface area contributed by atoms with Crippen LogP contribution in [-0.4, -0.2) is 16.1 Å². The van der Waals surface area contributed by atoms with Crippen LogP contribution in [0.1, 0.15) is 16.7 Å². The van der Waals surface area contributed by atoms with Crippen molar-refractivity contribution in [2.45, 2.75) is 25.2 Å². The van der Waals surface area contributed by atoms with Crippen LogP contribution in [0.3, 0.4) is 0 Å². The number of hydrogen-bond acceptors (Lipinski definition) is 0. The van der Waals surface area contributed by atoms with Crippen molar-refractivity contribution in [1.29, 1.82) is 0 Å². The maximum atomic E-state index is 2.68. The predicted molar refractivity (Wildman–Crippen MR) is 144 cm³/mol. The minimum atomic E-state index is -2.48. The van der Waals surface area contributed by atoms with Gasteiger partial charge in [0.25, 0.3) is 0 Å². The highest BCUT2D eigenvalue weighted by molar-refractivity contribution is 7.23. The maximum absolute atomic E-state index is 2.68. The van der Waals surface area contributed by atoms with Crippen molar-refractivity contribution in [3.05, 3.63) is 132 Å². The molecule has 0 N–H and O–H groups in total. The van der Waals surface area contributed by atoms with E-state index in [0.717, 1.165) is 0 Å². The monoisotopic (exact) mass is 446 g/mol. The van der Waals surface area contributed by atoms with Gasteiger partial charge in [-0.05, 0) is 37.4 Å². The third-order valence-corrected chi connectivity index (χ3v) is 14.1. The Balaban J connectivity index is 1.92. The number of benzene rings is 4. The summed E-state index contributed by atoms with van der Waals surface area (Å²) in [5.74, 6) is 0. The van der Waals surface area contributed by atoms with Crippen LogP contribution < -0.4 is 15.6 Å². The molecule has 0 bridgehead atoms. The van der Waals surface area contributed by atoms with Gasteiger partial charge in [0.15, 0.2) is 8.07 Å². The largest absolute Gasteiger partial charge is 0.179 e. The highest BCUT2D eigenvalue weighted by Gasteiger charge is 2.47. The van der Waals surface area contributed by atoms with Crippen LogP contribution in [-0.2, 0) is 0 Å². The van der Waals surface area contributed by atoms with E-state index in [1.807, 2.05) is 0 Å². The molecular formula is C30H30Si2. The Bertz CT molecular complexity index is 1140. The van der Waals surface area contributed by atoms with Crippen molar-refractivity contribution in [1.82, 2.24) is 0 Å². The number of hydrogen-bond donors (Lipinski definition) is 0. The first-order valence-corrected chi connectivity index (χ1v) is 17.1. The molecule has 0 fully saturated rings. The quantitative estimate of drug-likeness (QED) is 0.270. The fourth-order valence-electron chi connectivity index (χ4n) is 5.43. The molecule has 0 aliphatic heterocycles. The van der Waals surface area contributed by atoms with Crippen LogP contribution in [0.4, 0.5) is 0 Å². The van der Waals surface area contributed by atoms with E-state index >= 15 is 0 Å². The molecule has 4 aromatic carbocycles. The maximum Gasteiger partial charge on any atom is 0.179 e. The molecule has 158 valence electrons. The van der Waals surface area contributed by atoms with Gasteiger partial charge in [0.1, 0.15) is 0 Å². The first kappa shape index (κ1) is 20.9. The standard InChI is InChI=1S/C30H30Si2/c1-31(2,3)29-23-30(28-22-14-13-21-27(28)29)32(24-15-7-4-8-16-24,25-17-9-5-10-18-25)26-19-11-6-12-20-26/h4-23,29H,1-3H3. The van der Waals surface area contributed by atoms with Crippen LogP contribution >= 0.6 is 0 Å². The molecule has 1 atom stereocenters. The van der Waals surface area contributed by atoms with E-state index in [-0.39, 0.29) is 0 Å². The number of rotatable bonds is 5. The van der Waals surface area contributed by atoms with Crippen LogP contribution in [0.25, 0.3) is 5.20 Å². The van der Waals surface area contributed by atoms with Gasteiger partial charge in [0.05, 0.1) is 8.07 Å². The van der Waals surface area contributed by atoms with Crippen molar-refractivity contribution in [3.8, 4) is 0 Å². The molecule has 32 heavy (non-hydrogen) atoms. The van der Waals surface area contributed by atoms with Gasteiger partial charge in [-0.25, -0.2) is 0 Å². The molecule has 0 aromatic heterocycles. The third kappa shape index (κ3) is 3.35. The van der Waals surface area contributed by atoms with Crippen molar-refractivity contribution in [3.63, 3.8) is 0 Å². The lowest BCUT2D eigenvalue weighted by Crippen LogP contribution is -2.67. The van der Waals surface area contributed by atoms with E-state index in [0.29, 0.717) is 5.54 Å². The molecule has 0 saturated heterocycles. The number of fused-ring (bicyclic) bond motifs is 1. The topological polar surface area (TPSA) is 0 Å². The summed E-state index contributed by atoms with van der Waals surface area (Å²) in [4.78, 5) is 0. The highest BCUT2D eigenvalue weighted by atomic mass is 28.3. The van der Waals surface area contributed by atoms with Crippen molar-refractivity contribution < 1.29 is 0 Å². The van der Waals surface area contributed by atoms with E-state index < -0.39 is 16.1 Å².